The van der Waals surface area contributed by atoms with Gasteiger partial charge in [-0.1, -0.05) is 88.8 Å². The Balaban J connectivity index is 1.17. The number of allylic oxidation sites excluding steroid dienone is 1. The summed E-state index contributed by atoms with van der Waals surface area (Å²) in [5.74, 6) is 0.750. The number of unbranched alkanes of at least 4 members (excludes halogenated alkanes) is 2. The zero-order valence-corrected chi connectivity index (χ0v) is 25.9. The zero-order valence-electron chi connectivity index (χ0n) is 25.9. The Kier molecular flexibility index (Phi) is 11.1. The summed E-state index contributed by atoms with van der Waals surface area (Å²) in [5, 5.41) is 0. The highest BCUT2D eigenvalue weighted by Crippen LogP contribution is 2.45. The molecule has 0 atom stereocenters. The van der Waals surface area contributed by atoms with Crippen molar-refractivity contribution in [1.29, 1.82) is 0 Å². The Morgan fingerprint density at radius 1 is 0.698 bits per heavy atom. The number of halogens is 3. The molecule has 0 bridgehead atoms. The van der Waals surface area contributed by atoms with Crippen LogP contribution in [-0.2, 0) is 0 Å². The van der Waals surface area contributed by atoms with Crippen molar-refractivity contribution < 1.29 is 17.9 Å². The van der Waals surface area contributed by atoms with Gasteiger partial charge in [-0.15, -0.1) is 0 Å². The maximum atomic E-state index is 15.4. The summed E-state index contributed by atoms with van der Waals surface area (Å²) in [7, 11) is 0. The Hall–Kier alpha value is -3.01. The molecule has 2 saturated carbocycles. The molecule has 0 amide bonds. The number of hydrogen-bond donors (Lipinski definition) is 0. The van der Waals surface area contributed by atoms with Crippen molar-refractivity contribution in [3.63, 3.8) is 0 Å². The van der Waals surface area contributed by atoms with Crippen molar-refractivity contribution in [2.75, 3.05) is 0 Å². The first-order valence-corrected chi connectivity index (χ1v) is 16.7. The lowest BCUT2D eigenvalue weighted by Crippen LogP contribution is -2.25. The molecule has 2 aliphatic rings. The molecular weight excluding hydrogens is 541 g/mol. The van der Waals surface area contributed by atoms with E-state index in [-0.39, 0.29) is 17.1 Å². The molecule has 4 heteroatoms. The van der Waals surface area contributed by atoms with Crippen molar-refractivity contribution in [3.05, 3.63) is 90.0 Å². The van der Waals surface area contributed by atoms with Gasteiger partial charge in [0.15, 0.2) is 11.6 Å². The zero-order chi connectivity index (χ0) is 30.2. The van der Waals surface area contributed by atoms with Crippen LogP contribution in [0.1, 0.15) is 109 Å². The van der Waals surface area contributed by atoms with Gasteiger partial charge < -0.3 is 4.74 Å². The first kappa shape index (κ1) is 31.4. The second-order valence-electron chi connectivity index (χ2n) is 12.8. The van der Waals surface area contributed by atoms with Gasteiger partial charge in [0.25, 0.3) is 0 Å². The average Bonchev–Trinajstić information content (AvgIpc) is 3.04. The van der Waals surface area contributed by atoms with Crippen molar-refractivity contribution >= 4 is 0 Å². The monoisotopic (exact) mass is 588 g/mol. The summed E-state index contributed by atoms with van der Waals surface area (Å²) < 4.78 is 50.0. The van der Waals surface area contributed by atoms with Gasteiger partial charge in [-0.05, 0) is 110 Å². The minimum Gasteiger partial charge on any atom is -0.462 e. The van der Waals surface area contributed by atoms with Crippen LogP contribution in [0.15, 0.2) is 66.9 Å². The molecular formula is C39H47F3O. The molecule has 5 rings (SSSR count). The van der Waals surface area contributed by atoms with E-state index >= 15 is 4.39 Å². The highest BCUT2D eigenvalue weighted by Gasteiger charge is 2.31. The third-order valence-corrected chi connectivity index (χ3v) is 10.1. The summed E-state index contributed by atoms with van der Waals surface area (Å²) >= 11 is 0. The van der Waals surface area contributed by atoms with Crippen LogP contribution in [-0.4, -0.2) is 0 Å². The van der Waals surface area contributed by atoms with Gasteiger partial charge in [-0.3, -0.25) is 0 Å². The van der Waals surface area contributed by atoms with Crippen LogP contribution in [0, 0.1) is 35.2 Å². The third-order valence-electron chi connectivity index (χ3n) is 10.1. The van der Waals surface area contributed by atoms with Crippen LogP contribution in [0.25, 0.3) is 22.3 Å². The average molecular weight is 589 g/mol. The maximum Gasteiger partial charge on any atom is 0.201 e. The molecule has 0 N–H and O–H groups in total. The summed E-state index contributed by atoms with van der Waals surface area (Å²) in [6.45, 7) is 4.21. The lowest BCUT2D eigenvalue weighted by atomic mass is 9.68. The van der Waals surface area contributed by atoms with Crippen LogP contribution >= 0.6 is 0 Å². The summed E-state index contributed by atoms with van der Waals surface area (Å²) in [5.41, 5.74) is 3.01. The number of hydrogen-bond acceptors (Lipinski definition) is 1. The minimum absolute atomic E-state index is 0.141. The van der Waals surface area contributed by atoms with Crippen LogP contribution in [0.5, 0.6) is 5.75 Å². The van der Waals surface area contributed by atoms with Crippen molar-refractivity contribution in [2.45, 2.75) is 103 Å². The Morgan fingerprint density at radius 2 is 1.33 bits per heavy atom. The first-order chi connectivity index (χ1) is 21.0. The smallest absolute Gasteiger partial charge is 0.201 e. The maximum absolute atomic E-state index is 15.4. The minimum atomic E-state index is -1.02. The van der Waals surface area contributed by atoms with Crippen LogP contribution in [0.3, 0.4) is 0 Å². The second-order valence-corrected chi connectivity index (χ2v) is 12.8. The molecule has 0 saturated heterocycles. The molecule has 3 aromatic rings. The summed E-state index contributed by atoms with van der Waals surface area (Å²) in [6, 6.07) is 15.6. The lowest BCUT2D eigenvalue weighted by Gasteiger charge is -2.38. The fraction of sp³-hybridized carbons (Fsp3) is 0.487. The molecule has 2 fully saturated rings. The van der Waals surface area contributed by atoms with E-state index in [1.54, 1.807) is 36.4 Å². The summed E-state index contributed by atoms with van der Waals surface area (Å²) in [4.78, 5) is 0. The highest BCUT2D eigenvalue weighted by atomic mass is 19.2. The molecule has 2 aliphatic carbocycles. The van der Waals surface area contributed by atoms with E-state index in [9.17, 15) is 8.78 Å². The Bertz CT molecular complexity index is 1350. The van der Waals surface area contributed by atoms with Crippen LogP contribution in [0.4, 0.5) is 13.2 Å². The van der Waals surface area contributed by atoms with Crippen molar-refractivity contribution in [1.82, 2.24) is 0 Å². The van der Waals surface area contributed by atoms with E-state index in [2.05, 4.69) is 13.0 Å². The van der Waals surface area contributed by atoms with E-state index < -0.39 is 11.6 Å². The first-order valence-electron chi connectivity index (χ1n) is 16.7. The molecule has 230 valence electrons. The fourth-order valence-corrected chi connectivity index (χ4v) is 7.47. The van der Waals surface area contributed by atoms with Crippen molar-refractivity contribution in [2.24, 2.45) is 17.8 Å². The largest absolute Gasteiger partial charge is 0.462 e. The van der Waals surface area contributed by atoms with Crippen molar-refractivity contribution in [3.8, 4) is 28.0 Å². The van der Waals surface area contributed by atoms with Gasteiger partial charge in [0.1, 0.15) is 5.82 Å². The number of rotatable bonds is 11. The number of ether oxygens (including phenoxy) is 1. The van der Waals surface area contributed by atoms with E-state index in [0.29, 0.717) is 22.6 Å². The molecule has 0 aromatic heterocycles. The van der Waals surface area contributed by atoms with E-state index in [1.807, 2.05) is 13.0 Å². The standard InChI is InChI=1S/C39H47F3O/c1-3-5-7-8-27-9-11-28(12-10-27)29-13-15-30(16-14-29)33-21-22-34(36(40)26-33)31-17-19-32(20-18-31)35-23-24-37(39(42)38(35)41)43-25-6-4-2/h6,17-30H,3-5,7-16H2,1-2H3. The SMILES string of the molecule is CCC=COc1ccc(-c2ccc(-c3ccc(C4CCC(C5CCC(CCCCC)CC5)CC4)cc3F)cc2)c(F)c1F. The van der Waals surface area contributed by atoms with Gasteiger partial charge in [-0.25, -0.2) is 8.78 Å². The van der Waals surface area contributed by atoms with Crippen LogP contribution < -0.4 is 4.74 Å². The molecule has 1 nitrogen and oxygen atoms in total. The molecule has 0 aliphatic heterocycles. The Morgan fingerprint density at radius 3 is 1.95 bits per heavy atom. The highest BCUT2D eigenvalue weighted by molar-refractivity contribution is 5.71. The van der Waals surface area contributed by atoms with Gasteiger partial charge in [0.05, 0.1) is 6.26 Å². The molecule has 0 unspecified atom stereocenters. The van der Waals surface area contributed by atoms with E-state index in [0.717, 1.165) is 42.6 Å². The van der Waals surface area contributed by atoms with E-state index in [1.165, 1.54) is 82.6 Å². The molecule has 43 heavy (non-hydrogen) atoms. The van der Waals surface area contributed by atoms with Crippen LogP contribution in [0.2, 0.25) is 0 Å². The van der Waals surface area contributed by atoms with E-state index in [4.69, 9.17) is 4.74 Å². The second kappa shape index (κ2) is 15.1. The van der Waals surface area contributed by atoms with Gasteiger partial charge >= 0.3 is 0 Å². The van der Waals surface area contributed by atoms with Gasteiger partial charge in [0.2, 0.25) is 5.82 Å². The fourth-order valence-electron chi connectivity index (χ4n) is 7.47. The molecule has 3 aromatic carbocycles. The molecule has 0 radical (unpaired) electrons. The van der Waals surface area contributed by atoms with Gasteiger partial charge in [0, 0.05) is 11.1 Å². The number of benzene rings is 3. The lowest BCUT2D eigenvalue weighted by molar-refractivity contribution is 0.155. The summed E-state index contributed by atoms with van der Waals surface area (Å²) in [6.07, 6.45) is 19.8. The van der Waals surface area contributed by atoms with Gasteiger partial charge in [-0.2, -0.15) is 4.39 Å². The molecule has 0 heterocycles. The quantitative estimate of drug-likeness (QED) is 0.160. The predicted molar refractivity (Wildman–Crippen MR) is 172 cm³/mol. The normalized spacial score (nSPS) is 22.6. The molecule has 0 spiro atoms. The third kappa shape index (κ3) is 7.75. The topological polar surface area (TPSA) is 9.23 Å². The Labute approximate surface area is 256 Å². The predicted octanol–water partition coefficient (Wildman–Crippen LogP) is 12.4.